The van der Waals surface area contributed by atoms with Crippen LogP contribution < -0.4 is 21.5 Å². The Morgan fingerprint density at radius 3 is 2.69 bits per heavy atom. The lowest BCUT2D eigenvalue weighted by Gasteiger charge is -2.36. The van der Waals surface area contributed by atoms with Crippen LogP contribution in [0.1, 0.15) is 45.1 Å². The molecule has 1 aliphatic heterocycles. The van der Waals surface area contributed by atoms with E-state index in [1.807, 2.05) is 0 Å². The Morgan fingerprint density at radius 2 is 2.08 bits per heavy atom. The van der Waals surface area contributed by atoms with Crippen molar-refractivity contribution < 1.29 is 18.3 Å². The van der Waals surface area contributed by atoms with Gasteiger partial charge in [0.2, 0.25) is 0 Å². The Morgan fingerprint density at radius 1 is 1.33 bits per heavy atom. The number of nitrogens with one attached hydrogen (secondary N) is 3. The summed E-state index contributed by atoms with van der Waals surface area (Å²) in [4.78, 5) is 30.5. The molecular formula is C24H31F2N7O3. The third-order valence-electron chi connectivity index (χ3n) is 6.75. The fourth-order valence-corrected chi connectivity index (χ4v) is 4.66. The van der Waals surface area contributed by atoms with Gasteiger partial charge in [-0.05, 0) is 38.3 Å². The number of hydrogen-bond donors (Lipinski definition) is 3. The van der Waals surface area contributed by atoms with E-state index in [4.69, 9.17) is 4.74 Å². The molecule has 1 amide bonds. The second kappa shape index (κ2) is 10.2. The van der Waals surface area contributed by atoms with Crippen molar-refractivity contribution in [1.29, 1.82) is 0 Å². The van der Waals surface area contributed by atoms with Crippen molar-refractivity contribution in [3.63, 3.8) is 0 Å². The largest absolute Gasteiger partial charge is 0.381 e. The average molecular weight is 504 g/mol. The molecule has 0 bridgehead atoms. The first-order valence-electron chi connectivity index (χ1n) is 11.8. The fraction of sp³-hybridized carbons (Fsp3) is 0.500. The number of methoxy groups -OCH3 is 1. The number of pyridine rings is 1. The lowest BCUT2D eigenvalue weighted by Crippen LogP contribution is -2.41. The highest BCUT2D eigenvalue weighted by Gasteiger charge is 2.46. The van der Waals surface area contributed by atoms with Gasteiger partial charge in [0.05, 0.1) is 11.7 Å². The molecule has 0 unspecified atom stereocenters. The van der Waals surface area contributed by atoms with Crippen LogP contribution in [0.4, 0.5) is 14.5 Å². The summed E-state index contributed by atoms with van der Waals surface area (Å²) < 4.78 is 33.4. The molecule has 4 rings (SSSR count). The Labute approximate surface area is 207 Å². The highest BCUT2D eigenvalue weighted by Crippen LogP contribution is 2.44. The molecule has 12 heteroatoms. The molecule has 2 atom stereocenters. The number of alkyl halides is 2. The predicted octanol–water partition coefficient (Wildman–Crippen LogP) is 2.54. The number of anilines is 1. The van der Waals surface area contributed by atoms with Crippen LogP contribution in [0, 0.1) is 0 Å². The second-order valence-electron chi connectivity index (χ2n) is 9.20. The SMILES string of the molecule is C=NN1C(NC)=CC(Nc2cccn(C3CC(F)(F)C3)c2=O)=N/C1=C(/C)C(=O)N[C@H]1CC[C@H](OC)C1. The normalized spacial score (nSPS) is 24.9. The fourth-order valence-electron chi connectivity index (χ4n) is 4.66. The van der Waals surface area contributed by atoms with E-state index in [0.29, 0.717) is 11.4 Å². The van der Waals surface area contributed by atoms with Crippen molar-refractivity contribution in [3.8, 4) is 0 Å². The number of hydrazone groups is 1. The minimum Gasteiger partial charge on any atom is -0.381 e. The van der Waals surface area contributed by atoms with Gasteiger partial charge < -0.3 is 25.3 Å². The number of hydrogen-bond acceptors (Lipinski definition) is 8. The van der Waals surface area contributed by atoms with Gasteiger partial charge in [-0.3, -0.25) is 9.59 Å². The van der Waals surface area contributed by atoms with Crippen LogP contribution >= 0.6 is 0 Å². The maximum atomic E-state index is 13.4. The zero-order chi connectivity index (χ0) is 26.0. The summed E-state index contributed by atoms with van der Waals surface area (Å²) in [6.45, 7) is 5.23. The topological polar surface area (TPSA) is 112 Å². The molecule has 2 fully saturated rings. The number of ether oxygens (including phenoxy) is 1. The van der Waals surface area contributed by atoms with Crippen molar-refractivity contribution in [2.75, 3.05) is 19.5 Å². The van der Waals surface area contributed by atoms with E-state index in [-0.39, 0.29) is 48.2 Å². The van der Waals surface area contributed by atoms with Crippen molar-refractivity contribution in [2.45, 2.75) is 63.1 Å². The molecule has 0 radical (unpaired) electrons. The van der Waals surface area contributed by atoms with Gasteiger partial charge >= 0.3 is 0 Å². The Hall–Kier alpha value is -3.54. The molecule has 0 spiro atoms. The first kappa shape index (κ1) is 25.5. The van der Waals surface area contributed by atoms with Gasteiger partial charge in [-0.15, -0.1) is 0 Å². The van der Waals surface area contributed by atoms with Crippen LogP contribution in [0.3, 0.4) is 0 Å². The molecule has 10 nitrogen and oxygen atoms in total. The standard InChI is InChI=1S/C24H31F2N7O3/c1-14(22(34)29-15-7-8-17(10-15)36-4)21-31-19(11-20(27-2)33(21)28-3)30-18-6-5-9-32(23(18)35)16-12-24(25,26)13-16/h5-6,9,11,15-17,27H,3,7-8,10,12-13H2,1-2,4H3,(H,29,34)(H,30,31)/b21-14+/t15-,17-/m0/s1. The zero-order valence-electron chi connectivity index (χ0n) is 20.6. The average Bonchev–Trinajstić information content (AvgIpc) is 3.30. The third kappa shape index (κ3) is 5.18. The van der Waals surface area contributed by atoms with E-state index in [0.717, 1.165) is 19.3 Å². The lowest BCUT2D eigenvalue weighted by atomic mass is 9.88. The van der Waals surface area contributed by atoms with Crippen molar-refractivity contribution in [3.05, 3.63) is 52.0 Å². The Balaban J connectivity index is 1.60. The quantitative estimate of drug-likeness (QED) is 0.390. The van der Waals surface area contributed by atoms with E-state index < -0.39 is 17.5 Å². The first-order chi connectivity index (χ1) is 17.2. The molecule has 3 N–H and O–H groups in total. The number of amidine groups is 1. The van der Waals surface area contributed by atoms with Crippen LogP contribution in [-0.2, 0) is 9.53 Å². The monoisotopic (exact) mass is 503 g/mol. The first-order valence-corrected chi connectivity index (χ1v) is 11.8. The predicted molar refractivity (Wildman–Crippen MR) is 133 cm³/mol. The van der Waals surface area contributed by atoms with Crippen LogP contribution in [0.2, 0.25) is 0 Å². The van der Waals surface area contributed by atoms with Crippen molar-refractivity contribution >= 4 is 24.1 Å². The van der Waals surface area contributed by atoms with E-state index in [1.54, 1.807) is 39.3 Å². The minimum absolute atomic E-state index is 0.00529. The van der Waals surface area contributed by atoms with E-state index in [9.17, 15) is 18.4 Å². The van der Waals surface area contributed by atoms with Gasteiger partial charge in [-0.2, -0.15) is 10.1 Å². The summed E-state index contributed by atoms with van der Waals surface area (Å²) >= 11 is 0. The Kier molecular flexibility index (Phi) is 7.25. The van der Waals surface area contributed by atoms with Crippen LogP contribution in [0.25, 0.3) is 0 Å². The number of aromatic nitrogens is 1. The molecule has 194 valence electrons. The molecule has 1 aromatic heterocycles. The number of nitrogens with zero attached hydrogens (tertiary/aromatic N) is 4. The summed E-state index contributed by atoms with van der Waals surface area (Å²) in [5.41, 5.74) is 0.0556. The van der Waals surface area contributed by atoms with Gasteiger partial charge in [0.15, 0.2) is 5.82 Å². The number of amides is 1. The second-order valence-corrected chi connectivity index (χ2v) is 9.20. The van der Waals surface area contributed by atoms with Crippen LogP contribution in [0.15, 0.2) is 56.5 Å². The van der Waals surface area contributed by atoms with E-state index in [1.165, 1.54) is 15.8 Å². The minimum atomic E-state index is -2.74. The van der Waals surface area contributed by atoms with Gasteiger partial charge in [0.1, 0.15) is 17.3 Å². The maximum Gasteiger partial charge on any atom is 0.274 e. The van der Waals surface area contributed by atoms with Crippen LogP contribution in [0.5, 0.6) is 0 Å². The van der Waals surface area contributed by atoms with Gasteiger partial charge in [-0.25, -0.2) is 13.8 Å². The van der Waals surface area contributed by atoms with Gasteiger partial charge in [0, 0.05) is 58.1 Å². The Bertz CT molecular complexity index is 1180. The molecule has 1 aromatic rings. The molecular weight excluding hydrogens is 472 g/mol. The summed E-state index contributed by atoms with van der Waals surface area (Å²) in [6, 6.07) is 2.61. The molecule has 3 aliphatic rings. The van der Waals surface area contributed by atoms with E-state index >= 15 is 0 Å². The van der Waals surface area contributed by atoms with E-state index in [2.05, 4.69) is 32.8 Å². The molecule has 36 heavy (non-hydrogen) atoms. The maximum absolute atomic E-state index is 13.4. The highest BCUT2D eigenvalue weighted by molar-refractivity contribution is 6.06. The van der Waals surface area contributed by atoms with Crippen LogP contribution in [-0.4, -0.2) is 60.3 Å². The molecule has 2 aliphatic carbocycles. The number of rotatable bonds is 7. The number of aliphatic imine (C=N–C) groups is 1. The summed E-state index contributed by atoms with van der Waals surface area (Å²) in [5, 5.41) is 14.4. The molecule has 0 saturated heterocycles. The molecule has 2 heterocycles. The smallest absolute Gasteiger partial charge is 0.274 e. The number of carbonyl (C=O) groups is 1. The summed E-state index contributed by atoms with van der Waals surface area (Å²) in [6.07, 6.45) is 4.94. The molecule has 2 saturated carbocycles. The summed E-state index contributed by atoms with van der Waals surface area (Å²) in [7, 11) is 3.34. The number of carbonyl (C=O) groups excluding carboxylic acids is 1. The van der Waals surface area contributed by atoms with Crippen molar-refractivity contribution in [1.82, 2.24) is 20.2 Å². The molecule has 0 aromatic carbocycles. The number of halogens is 2. The van der Waals surface area contributed by atoms with Crippen molar-refractivity contribution in [2.24, 2.45) is 10.1 Å². The van der Waals surface area contributed by atoms with Gasteiger partial charge in [-0.1, -0.05) is 0 Å². The zero-order valence-corrected chi connectivity index (χ0v) is 20.6. The summed E-state index contributed by atoms with van der Waals surface area (Å²) in [5.74, 6) is -2.06. The lowest BCUT2D eigenvalue weighted by molar-refractivity contribution is -0.118. The third-order valence-corrected chi connectivity index (χ3v) is 6.75. The van der Waals surface area contributed by atoms with Gasteiger partial charge in [0.25, 0.3) is 17.4 Å². The highest BCUT2D eigenvalue weighted by atomic mass is 19.3.